The van der Waals surface area contributed by atoms with Crippen LogP contribution in [0.2, 0.25) is 0 Å². The molecule has 1 aliphatic carbocycles. The molecule has 8 heteroatoms. The van der Waals surface area contributed by atoms with E-state index in [9.17, 15) is 9.59 Å². The van der Waals surface area contributed by atoms with E-state index in [1.807, 2.05) is 41.8 Å². The highest BCUT2D eigenvalue weighted by Crippen LogP contribution is 2.38. The van der Waals surface area contributed by atoms with Crippen LogP contribution in [0.4, 0.5) is 5.69 Å². The van der Waals surface area contributed by atoms with Crippen LogP contribution in [0.25, 0.3) is 22.0 Å². The van der Waals surface area contributed by atoms with Gasteiger partial charge in [-0.2, -0.15) is 0 Å². The summed E-state index contributed by atoms with van der Waals surface area (Å²) in [6.07, 6.45) is 4.88. The third-order valence-corrected chi connectivity index (χ3v) is 7.26. The minimum atomic E-state index is -0.670. The Morgan fingerprint density at radius 1 is 1.15 bits per heavy atom. The van der Waals surface area contributed by atoms with Crippen molar-refractivity contribution in [2.24, 2.45) is 5.92 Å². The number of carbonyl (C=O) groups is 2. The first-order valence-corrected chi connectivity index (χ1v) is 12.5. The van der Waals surface area contributed by atoms with Crippen molar-refractivity contribution in [3.05, 3.63) is 48.0 Å². The first kappa shape index (κ1) is 22.5. The van der Waals surface area contributed by atoms with Gasteiger partial charge in [0.05, 0.1) is 17.1 Å². The minimum absolute atomic E-state index is 0.0666. The third-order valence-electron chi connectivity index (χ3n) is 6.40. The number of benzene rings is 1. The highest BCUT2D eigenvalue weighted by Gasteiger charge is 2.34. The van der Waals surface area contributed by atoms with Crippen LogP contribution in [0.15, 0.2) is 48.0 Å². The lowest BCUT2D eigenvalue weighted by Gasteiger charge is -2.33. The number of anilines is 1. The molecule has 1 amide bonds. The molecular weight excluding hydrogens is 450 g/mol. The van der Waals surface area contributed by atoms with Crippen LogP contribution in [-0.2, 0) is 14.3 Å². The summed E-state index contributed by atoms with van der Waals surface area (Å²) in [5, 5.41) is 2.78. The summed E-state index contributed by atoms with van der Waals surface area (Å²) >= 11 is 1.51. The lowest BCUT2D eigenvalue weighted by molar-refractivity contribution is -0.150. The molecule has 1 fully saturated rings. The number of hydrogen-bond donors (Lipinski definition) is 0. The summed E-state index contributed by atoms with van der Waals surface area (Å²) in [5.41, 5.74) is 2.98. The van der Waals surface area contributed by atoms with Crippen LogP contribution in [0.3, 0.4) is 0 Å². The lowest BCUT2D eigenvalue weighted by Crippen LogP contribution is -2.47. The number of rotatable bonds is 5. The Balaban J connectivity index is 1.38. The Bertz CT molecular complexity index is 1190. The number of pyridine rings is 1. The molecule has 0 radical (unpaired) electrons. The number of thiazole rings is 1. The van der Waals surface area contributed by atoms with Gasteiger partial charge >= 0.3 is 5.97 Å². The number of nitrogens with zero attached hydrogens (tertiary/aromatic N) is 3. The molecule has 0 saturated heterocycles. The van der Waals surface area contributed by atoms with Crippen molar-refractivity contribution in [1.82, 2.24) is 9.97 Å². The van der Waals surface area contributed by atoms with Crippen LogP contribution in [-0.4, -0.2) is 40.6 Å². The molecule has 5 rings (SSSR count). The predicted octanol–water partition coefficient (Wildman–Crippen LogP) is 5.11. The number of amides is 1. The van der Waals surface area contributed by atoms with Crippen molar-refractivity contribution in [2.75, 3.05) is 11.4 Å². The molecule has 3 aromatic rings. The molecule has 176 valence electrons. The Morgan fingerprint density at radius 2 is 1.97 bits per heavy atom. The first-order chi connectivity index (χ1) is 16.5. The molecular formula is C26H27N3O4S. The highest BCUT2D eigenvalue weighted by molar-refractivity contribution is 7.13. The van der Waals surface area contributed by atoms with Gasteiger partial charge in [0, 0.05) is 17.1 Å². The molecule has 3 heterocycles. The van der Waals surface area contributed by atoms with E-state index in [1.165, 1.54) is 16.2 Å². The van der Waals surface area contributed by atoms with Gasteiger partial charge in [-0.05, 0) is 68.9 Å². The number of fused-ring (bicyclic) bond motifs is 1. The number of ether oxygens (including phenoxy) is 2. The maximum atomic E-state index is 13.0. The lowest BCUT2D eigenvalue weighted by atomic mass is 9.89. The fraction of sp³-hybridized carbons (Fsp3) is 0.385. The fourth-order valence-electron chi connectivity index (χ4n) is 4.44. The van der Waals surface area contributed by atoms with Gasteiger partial charge in [-0.1, -0.05) is 13.0 Å². The van der Waals surface area contributed by atoms with E-state index in [0.717, 1.165) is 47.6 Å². The second-order valence-corrected chi connectivity index (χ2v) is 9.85. The Kier molecular flexibility index (Phi) is 6.32. The van der Waals surface area contributed by atoms with Gasteiger partial charge in [0.1, 0.15) is 23.4 Å². The van der Waals surface area contributed by atoms with E-state index in [-0.39, 0.29) is 24.5 Å². The molecule has 34 heavy (non-hydrogen) atoms. The largest absolute Gasteiger partial charge is 0.479 e. The van der Waals surface area contributed by atoms with Crippen LogP contribution in [0.1, 0.15) is 39.5 Å². The van der Waals surface area contributed by atoms with Crippen LogP contribution >= 0.6 is 11.3 Å². The molecule has 1 unspecified atom stereocenters. The predicted molar refractivity (Wildman–Crippen MR) is 131 cm³/mol. The zero-order valence-corrected chi connectivity index (χ0v) is 20.1. The second kappa shape index (κ2) is 9.54. The van der Waals surface area contributed by atoms with Crippen molar-refractivity contribution in [3.63, 3.8) is 0 Å². The topological polar surface area (TPSA) is 81.6 Å². The number of carbonyl (C=O) groups excluding carboxylic acids is 2. The first-order valence-electron chi connectivity index (χ1n) is 11.7. The summed E-state index contributed by atoms with van der Waals surface area (Å²) < 4.78 is 11.5. The summed E-state index contributed by atoms with van der Waals surface area (Å²) in [6.45, 7) is 3.78. The van der Waals surface area contributed by atoms with E-state index in [4.69, 9.17) is 14.5 Å². The SMILES string of the molecule is CC1CCC(OC(=O)CN2C(=O)C(C)Oc3ccc(-c4csc(-c5ccccn5)n4)cc32)CC1. The third kappa shape index (κ3) is 4.68. The second-order valence-electron chi connectivity index (χ2n) is 8.99. The summed E-state index contributed by atoms with van der Waals surface area (Å²) in [5.74, 6) is 0.594. The molecule has 7 nitrogen and oxygen atoms in total. The standard InChI is InChI=1S/C26H27N3O4S/c1-16-6-9-19(10-7-16)33-24(30)14-29-22-13-18(8-11-23(22)32-17(2)26(29)31)21-15-34-25(28-21)20-5-3-4-12-27-20/h3-5,8,11-13,15-17,19H,6-7,9-10,14H2,1-2H3. The molecule has 0 spiro atoms. The van der Waals surface area contributed by atoms with Crippen LogP contribution < -0.4 is 9.64 Å². The molecule has 1 aliphatic heterocycles. The van der Waals surface area contributed by atoms with Gasteiger partial charge < -0.3 is 9.47 Å². The zero-order valence-electron chi connectivity index (χ0n) is 19.3. The zero-order chi connectivity index (χ0) is 23.7. The minimum Gasteiger partial charge on any atom is -0.479 e. The highest BCUT2D eigenvalue weighted by atomic mass is 32.1. The maximum absolute atomic E-state index is 13.0. The summed E-state index contributed by atoms with van der Waals surface area (Å²) in [7, 11) is 0. The number of esters is 1. The average Bonchev–Trinajstić information content (AvgIpc) is 3.34. The van der Waals surface area contributed by atoms with Gasteiger partial charge in [0.2, 0.25) is 0 Å². The van der Waals surface area contributed by atoms with Gasteiger partial charge in [-0.3, -0.25) is 19.5 Å². The van der Waals surface area contributed by atoms with Crippen LogP contribution in [0, 0.1) is 5.92 Å². The number of aromatic nitrogens is 2. The smallest absolute Gasteiger partial charge is 0.326 e. The maximum Gasteiger partial charge on any atom is 0.326 e. The Morgan fingerprint density at radius 3 is 2.74 bits per heavy atom. The van der Waals surface area contributed by atoms with Crippen LogP contribution in [0.5, 0.6) is 5.75 Å². The van der Waals surface area contributed by atoms with E-state index < -0.39 is 6.10 Å². The average molecular weight is 478 g/mol. The van der Waals surface area contributed by atoms with Gasteiger partial charge in [0.15, 0.2) is 6.10 Å². The molecule has 0 N–H and O–H groups in total. The van der Waals surface area contributed by atoms with Crippen molar-refractivity contribution >= 4 is 28.9 Å². The number of hydrogen-bond acceptors (Lipinski definition) is 7. The van der Waals surface area contributed by atoms with E-state index >= 15 is 0 Å². The van der Waals surface area contributed by atoms with Gasteiger partial charge in [-0.25, -0.2) is 4.98 Å². The van der Waals surface area contributed by atoms with Gasteiger partial charge in [-0.15, -0.1) is 11.3 Å². The van der Waals surface area contributed by atoms with Crippen molar-refractivity contribution in [2.45, 2.75) is 51.7 Å². The quantitative estimate of drug-likeness (QED) is 0.475. The van der Waals surface area contributed by atoms with Crippen molar-refractivity contribution < 1.29 is 19.1 Å². The molecule has 0 bridgehead atoms. The van der Waals surface area contributed by atoms with Gasteiger partial charge in [0.25, 0.3) is 5.91 Å². The van der Waals surface area contributed by atoms with E-state index in [0.29, 0.717) is 17.4 Å². The van der Waals surface area contributed by atoms with Crippen molar-refractivity contribution in [1.29, 1.82) is 0 Å². The van der Waals surface area contributed by atoms with Crippen molar-refractivity contribution in [3.8, 4) is 27.7 Å². The normalized spacial score (nSPS) is 22.1. The molecule has 1 atom stereocenters. The molecule has 2 aromatic heterocycles. The van der Waals surface area contributed by atoms with E-state index in [1.54, 1.807) is 13.1 Å². The summed E-state index contributed by atoms with van der Waals surface area (Å²) in [6, 6.07) is 11.3. The Labute approximate surface area is 202 Å². The monoisotopic (exact) mass is 477 g/mol. The summed E-state index contributed by atoms with van der Waals surface area (Å²) in [4.78, 5) is 36.3. The molecule has 1 aromatic carbocycles. The van der Waals surface area contributed by atoms with E-state index in [2.05, 4.69) is 11.9 Å². The Hall–Kier alpha value is -3.26. The molecule has 2 aliphatic rings. The molecule has 1 saturated carbocycles. The fourth-order valence-corrected chi connectivity index (χ4v) is 5.25.